The van der Waals surface area contributed by atoms with Gasteiger partial charge < -0.3 is 10.6 Å². The molecule has 1 aliphatic carbocycles. The van der Waals surface area contributed by atoms with Gasteiger partial charge in [-0.1, -0.05) is 12.8 Å². The van der Waals surface area contributed by atoms with Gasteiger partial charge in [0.15, 0.2) is 0 Å². The van der Waals surface area contributed by atoms with Crippen molar-refractivity contribution in [1.29, 1.82) is 0 Å². The van der Waals surface area contributed by atoms with Crippen LogP contribution in [-0.4, -0.2) is 22.6 Å². The van der Waals surface area contributed by atoms with E-state index in [4.69, 9.17) is 0 Å². The van der Waals surface area contributed by atoms with Gasteiger partial charge in [-0.3, -0.25) is 4.98 Å². The van der Waals surface area contributed by atoms with Crippen molar-refractivity contribution >= 4 is 5.82 Å². The molecule has 0 aromatic carbocycles. The molecule has 1 unspecified atom stereocenters. The zero-order chi connectivity index (χ0) is 11.5. The van der Waals surface area contributed by atoms with Gasteiger partial charge in [-0.25, -0.2) is 4.98 Å². The Morgan fingerprint density at radius 2 is 2.00 bits per heavy atom. The first-order chi connectivity index (χ1) is 8.42. The predicted octanol–water partition coefficient (Wildman–Crippen LogP) is 2.26. The second kappa shape index (κ2) is 5.00. The molecule has 1 aromatic heterocycles. The lowest BCUT2D eigenvalue weighted by Gasteiger charge is -2.14. The van der Waals surface area contributed by atoms with Crippen LogP contribution in [0.4, 0.5) is 5.82 Å². The maximum atomic E-state index is 4.68. The van der Waals surface area contributed by atoms with Crippen LogP contribution >= 0.6 is 0 Å². The van der Waals surface area contributed by atoms with E-state index in [1.165, 1.54) is 38.5 Å². The number of hydrogen-bond acceptors (Lipinski definition) is 4. The normalized spacial score (nSPS) is 25.3. The Labute approximate surface area is 102 Å². The van der Waals surface area contributed by atoms with E-state index >= 15 is 0 Å². The van der Waals surface area contributed by atoms with Gasteiger partial charge in [-0.2, -0.15) is 0 Å². The summed E-state index contributed by atoms with van der Waals surface area (Å²) in [6.45, 7) is 1.10. The predicted molar refractivity (Wildman–Crippen MR) is 67.9 cm³/mol. The van der Waals surface area contributed by atoms with Crippen LogP contribution in [0.25, 0.3) is 0 Å². The molecule has 3 rings (SSSR count). The van der Waals surface area contributed by atoms with Gasteiger partial charge in [0.1, 0.15) is 5.82 Å². The average Bonchev–Trinajstić information content (AvgIpc) is 3.01. The number of nitrogens with one attached hydrogen (secondary N) is 2. The Hall–Kier alpha value is -1.16. The van der Waals surface area contributed by atoms with E-state index in [2.05, 4.69) is 20.6 Å². The summed E-state index contributed by atoms with van der Waals surface area (Å²) in [5.74, 6) is 0.947. The van der Waals surface area contributed by atoms with Crippen molar-refractivity contribution in [2.75, 3.05) is 11.9 Å². The van der Waals surface area contributed by atoms with Gasteiger partial charge in [0, 0.05) is 6.04 Å². The van der Waals surface area contributed by atoms with Crippen LogP contribution in [0.1, 0.15) is 50.3 Å². The zero-order valence-corrected chi connectivity index (χ0v) is 10.2. The quantitative estimate of drug-likeness (QED) is 0.839. The van der Waals surface area contributed by atoms with E-state index in [1.54, 1.807) is 0 Å². The number of aromatic nitrogens is 2. The summed E-state index contributed by atoms with van der Waals surface area (Å²) in [7, 11) is 0. The monoisotopic (exact) mass is 232 g/mol. The van der Waals surface area contributed by atoms with Gasteiger partial charge in [0.2, 0.25) is 0 Å². The molecule has 2 fully saturated rings. The minimum atomic E-state index is 0.410. The van der Waals surface area contributed by atoms with Gasteiger partial charge in [-0.05, 0) is 32.2 Å². The molecule has 1 saturated heterocycles. The Kier molecular flexibility index (Phi) is 3.22. The van der Waals surface area contributed by atoms with Crippen LogP contribution < -0.4 is 10.6 Å². The maximum Gasteiger partial charge on any atom is 0.145 e. The maximum absolute atomic E-state index is 4.68. The van der Waals surface area contributed by atoms with E-state index in [0.29, 0.717) is 12.1 Å². The highest BCUT2D eigenvalue weighted by Crippen LogP contribution is 2.24. The minimum absolute atomic E-state index is 0.410. The van der Waals surface area contributed by atoms with Crippen molar-refractivity contribution in [1.82, 2.24) is 15.3 Å². The minimum Gasteiger partial charge on any atom is -0.366 e. The van der Waals surface area contributed by atoms with Crippen molar-refractivity contribution < 1.29 is 0 Å². The van der Waals surface area contributed by atoms with Crippen LogP contribution in [-0.2, 0) is 0 Å². The molecule has 0 bridgehead atoms. The standard InChI is InChI=1S/C13H20N4/c1-2-5-10(4-1)16-13-9-14-8-12(17-13)11-6-3-7-15-11/h8-11,15H,1-7H2,(H,16,17). The van der Waals surface area contributed by atoms with E-state index in [9.17, 15) is 0 Å². The molecule has 4 nitrogen and oxygen atoms in total. The summed E-state index contributed by atoms with van der Waals surface area (Å²) in [6, 6.07) is 1.02. The Balaban J connectivity index is 1.69. The Bertz CT molecular complexity index is 367. The van der Waals surface area contributed by atoms with Crippen molar-refractivity contribution in [3.05, 3.63) is 18.1 Å². The first-order valence-electron chi connectivity index (χ1n) is 6.74. The molecule has 2 aliphatic rings. The molecule has 2 N–H and O–H groups in total. The third kappa shape index (κ3) is 2.57. The number of hydrogen-bond donors (Lipinski definition) is 2. The molecular weight excluding hydrogens is 212 g/mol. The zero-order valence-electron chi connectivity index (χ0n) is 10.2. The number of anilines is 1. The first kappa shape index (κ1) is 11.0. The highest BCUT2D eigenvalue weighted by atomic mass is 15.1. The highest BCUT2D eigenvalue weighted by Gasteiger charge is 2.19. The Morgan fingerprint density at radius 1 is 1.12 bits per heavy atom. The summed E-state index contributed by atoms with van der Waals surface area (Å²) in [6.07, 6.45) is 11.4. The summed E-state index contributed by atoms with van der Waals surface area (Å²) < 4.78 is 0. The van der Waals surface area contributed by atoms with Gasteiger partial charge in [0.05, 0.1) is 24.1 Å². The second-order valence-corrected chi connectivity index (χ2v) is 5.10. The fourth-order valence-corrected chi connectivity index (χ4v) is 2.83. The molecule has 0 radical (unpaired) electrons. The fraction of sp³-hybridized carbons (Fsp3) is 0.692. The number of rotatable bonds is 3. The highest BCUT2D eigenvalue weighted by molar-refractivity contribution is 5.34. The lowest BCUT2D eigenvalue weighted by atomic mass is 10.2. The van der Waals surface area contributed by atoms with Crippen LogP contribution in [0.2, 0.25) is 0 Å². The molecule has 17 heavy (non-hydrogen) atoms. The van der Waals surface area contributed by atoms with Crippen molar-refractivity contribution in [2.24, 2.45) is 0 Å². The van der Waals surface area contributed by atoms with E-state index in [1.807, 2.05) is 12.4 Å². The van der Waals surface area contributed by atoms with Crippen molar-refractivity contribution in [2.45, 2.75) is 50.6 Å². The molecular formula is C13H20N4. The largest absolute Gasteiger partial charge is 0.366 e. The Morgan fingerprint density at radius 3 is 2.76 bits per heavy atom. The molecule has 1 aliphatic heterocycles. The first-order valence-corrected chi connectivity index (χ1v) is 6.74. The fourth-order valence-electron chi connectivity index (χ4n) is 2.83. The molecule has 92 valence electrons. The van der Waals surface area contributed by atoms with Crippen LogP contribution in [0, 0.1) is 0 Å². The summed E-state index contributed by atoms with van der Waals surface area (Å²) in [5, 5.41) is 6.97. The smallest absolute Gasteiger partial charge is 0.145 e. The van der Waals surface area contributed by atoms with Crippen LogP contribution in [0.15, 0.2) is 12.4 Å². The lowest BCUT2D eigenvalue weighted by molar-refractivity contribution is 0.623. The summed E-state index contributed by atoms with van der Waals surface area (Å²) in [4.78, 5) is 8.99. The van der Waals surface area contributed by atoms with E-state index in [0.717, 1.165) is 18.1 Å². The topological polar surface area (TPSA) is 49.8 Å². The third-order valence-electron chi connectivity index (χ3n) is 3.78. The van der Waals surface area contributed by atoms with Gasteiger partial charge >= 0.3 is 0 Å². The average molecular weight is 232 g/mol. The molecule has 4 heteroatoms. The molecule has 0 spiro atoms. The van der Waals surface area contributed by atoms with Gasteiger partial charge in [-0.15, -0.1) is 0 Å². The molecule has 1 atom stereocenters. The number of nitrogens with zero attached hydrogens (tertiary/aromatic N) is 2. The van der Waals surface area contributed by atoms with Crippen LogP contribution in [0.5, 0.6) is 0 Å². The summed E-state index contributed by atoms with van der Waals surface area (Å²) >= 11 is 0. The third-order valence-corrected chi connectivity index (χ3v) is 3.78. The summed E-state index contributed by atoms with van der Waals surface area (Å²) in [5.41, 5.74) is 1.09. The van der Waals surface area contributed by atoms with Gasteiger partial charge in [0.25, 0.3) is 0 Å². The SMILES string of the molecule is c1ncc(C2CCCN2)nc1NC1CCCC1. The molecule has 1 aromatic rings. The van der Waals surface area contributed by atoms with Crippen molar-refractivity contribution in [3.63, 3.8) is 0 Å². The molecule has 0 amide bonds. The molecule has 2 heterocycles. The van der Waals surface area contributed by atoms with E-state index in [-0.39, 0.29) is 0 Å². The second-order valence-electron chi connectivity index (χ2n) is 5.10. The lowest BCUT2D eigenvalue weighted by Crippen LogP contribution is -2.18. The van der Waals surface area contributed by atoms with E-state index < -0.39 is 0 Å². The van der Waals surface area contributed by atoms with Crippen LogP contribution in [0.3, 0.4) is 0 Å². The van der Waals surface area contributed by atoms with Crippen molar-refractivity contribution in [3.8, 4) is 0 Å². The molecule has 1 saturated carbocycles.